The van der Waals surface area contributed by atoms with Crippen molar-refractivity contribution in [1.82, 2.24) is 10.6 Å². The number of fused-ring (bicyclic) bond motifs is 8. The Morgan fingerprint density at radius 2 is 1.15 bits per heavy atom. The number of carbonyl (C=O) groups excluding carboxylic acids is 6. The minimum Gasteiger partial charge on any atom is -0.493 e. The second-order valence-corrected chi connectivity index (χ2v) is 19.5. The van der Waals surface area contributed by atoms with E-state index in [9.17, 15) is 28.8 Å². The molecule has 9 rings (SSSR count). The summed E-state index contributed by atoms with van der Waals surface area (Å²) in [5.74, 6) is -0.602. The van der Waals surface area contributed by atoms with Crippen LogP contribution in [0.2, 0.25) is 0 Å². The Labute approximate surface area is 435 Å². The van der Waals surface area contributed by atoms with E-state index in [1.54, 1.807) is 86.3 Å². The Kier molecular flexibility index (Phi) is 15.4. The Hall–Kier alpha value is -8.34. The summed E-state index contributed by atoms with van der Waals surface area (Å²) in [6.07, 6.45) is 6.98. The molecule has 5 aromatic rings. The highest BCUT2D eigenvalue weighted by Gasteiger charge is 2.38. The van der Waals surface area contributed by atoms with Crippen molar-refractivity contribution in [1.29, 1.82) is 0 Å². The van der Waals surface area contributed by atoms with Gasteiger partial charge in [0.05, 0.1) is 48.8 Å². The average Bonchev–Trinajstić information content (AvgIpc) is 3.90. The van der Waals surface area contributed by atoms with E-state index in [2.05, 4.69) is 16.0 Å². The van der Waals surface area contributed by atoms with Gasteiger partial charge in [0.25, 0.3) is 11.8 Å². The van der Waals surface area contributed by atoms with E-state index >= 15 is 0 Å². The van der Waals surface area contributed by atoms with Gasteiger partial charge in [-0.25, -0.2) is 0 Å². The second-order valence-electron chi connectivity index (χ2n) is 19.5. The highest BCUT2D eigenvalue weighted by atomic mass is 16.5. The molecule has 0 bridgehead atoms. The van der Waals surface area contributed by atoms with Crippen LogP contribution in [-0.2, 0) is 45.2 Å². The largest absolute Gasteiger partial charge is 0.493 e. The summed E-state index contributed by atoms with van der Waals surface area (Å²) in [4.78, 5) is 93.3. The minimum absolute atomic E-state index is 0.0254. The first-order valence-corrected chi connectivity index (χ1v) is 25.4. The monoisotopic (exact) mass is 1020 g/mol. The van der Waals surface area contributed by atoms with Gasteiger partial charge in [-0.3, -0.25) is 48.6 Å². The van der Waals surface area contributed by atoms with Crippen molar-refractivity contribution in [2.45, 2.75) is 110 Å². The maximum absolute atomic E-state index is 14.1. The molecule has 0 spiro atoms. The fourth-order valence-corrected chi connectivity index (χ4v) is 9.89. The van der Waals surface area contributed by atoms with Crippen LogP contribution in [0.15, 0.2) is 101 Å². The predicted molar refractivity (Wildman–Crippen MR) is 286 cm³/mol. The van der Waals surface area contributed by atoms with Gasteiger partial charge in [-0.2, -0.15) is 0 Å². The number of para-hydroxylation sites is 2. The van der Waals surface area contributed by atoms with Crippen LogP contribution in [-0.4, -0.2) is 86.1 Å². The molecular weight excluding hydrogens is 955 g/mol. The van der Waals surface area contributed by atoms with Crippen LogP contribution in [0.5, 0.6) is 23.0 Å². The number of aliphatic imine (C=N–C) groups is 2. The molecule has 5 aromatic carbocycles. The molecule has 0 fully saturated rings. The summed E-state index contributed by atoms with van der Waals surface area (Å²) in [7, 11) is 2.99. The van der Waals surface area contributed by atoms with Gasteiger partial charge in [0.2, 0.25) is 17.7 Å². The number of ether oxygens (including phenoxy) is 4. The molecule has 0 saturated carbocycles. The lowest BCUT2D eigenvalue weighted by molar-refractivity contribution is -0.131. The summed E-state index contributed by atoms with van der Waals surface area (Å²) >= 11 is 0. The molecule has 3 N–H and O–H groups in total. The van der Waals surface area contributed by atoms with E-state index in [1.807, 2.05) is 54.6 Å². The van der Waals surface area contributed by atoms with Crippen molar-refractivity contribution in [2.75, 3.05) is 29.3 Å². The molecule has 75 heavy (non-hydrogen) atoms. The van der Waals surface area contributed by atoms with Crippen molar-refractivity contribution in [3.8, 4) is 23.0 Å². The number of rotatable bonds is 20. The quantitative estimate of drug-likeness (QED) is 0.0633. The van der Waals surface area contributed by atoms with Crippen LogP contribution in [0.3, 0.4) is 0 Å². The first-order chi connectivity index (χ1) is 36.2. The van der Waals surface area contributed by atoms with Gasteiger partial charge < -0.3 is 34.9 Å². The van der Waals surface area contributed by atoms with Crippen molar-refractivity contribution >= 4 is 76.2 Å². The molecule has 0 saturated heterocycles. The molecule has 0 radical (unpaired) electrons. The predicted octanol–water partition coefficient (Wildman–Crippen LogP) is 8.56. The number of hydrogen-bond donors (Lipinski definition) is 3. The summed E-state index contributed by atoms with van der Waals surface area (Å²) < 4.78 is 24.4. The molecule has 17 heteroatoms. The topological polar surface area (TPSA) is 207 Å². The molecule has 0 aromatic heterocycles. The highest BCUT2D eigenvalue weighted by molar-refractivity contribution is 6.16. The van der Waals surface area contributed by atoms with Crippen LogP contribution < -0.4 is 44.7 Å². The Balaban J connectivity index is 0.945. The van der Waals surface area contributed by atoms with Crippen molar-refractivity contribution in [2.24, 2.45) is 15.9 Å². The summed E-state index contributed by atoms with van der Waals surface area (Å²) in [5, 5.41) is 8.50. The molecule has 17 nitrogen and oxygen atoms in total. The van der Waals surface area contributed by atoms with Crippen LogP contribution >= 0.6 is 0 Å². The lowest BCUT2D eigenvalue weighted by atomic mass is 10.0. The lowest BCUT2D eigenvalue weighted by Crippen LogP contribution is -2.53. The maximum Gasteiger partial charge on any atom is 0.261 e. The van der Waals surface area contributed by atoms with E-state index in [0.29, 0.717) is 101 Å². The minimum atomic E-state index is -1.02. The summed E-state index contributed by atoms with van der Waals surface area (Å²) in [6, 6.07) is 25.2. The molecule has 0 aliphatic carbocycles. The molecule has 4 aliphatic rings. The summed E-state index contributed by atoms with van der Waals surface area (Å²) in [5.41, 5.74) is 7.02. The van der Waals surface area contributed by atoms with Crippen LogP contribution in [0, 0.1) is 5.92 Å². The third-order valence-corrected chi connectivity index (χ3v) is 13.9. The fraction of sp³-hybridized carbons (Fsp3) is 0.345. The van der Waals surface area contributed by atoms with Gasteiger partial charge in [0, 0.05) is 73.7 Å². The van der Waals surface area contributed by atoms with Gasteiger partial charge >= 0.3 is 0 Å². The number of nitrogens with zero attached hydrogens (tertiary/aromatic N) is 4. The zero-order chi connectivity index (χ0) is 52.9. The second kappa shape index (κ2) is 22.4. The standard InChI is InChI=1S/C58H61N7O10/c1-7-42(66)16-10-13-19-53(67)63-54(33(2)3)56(69)61-34(4)55(68)62-39-21-35(31-74-51-27-45-43(25-49(51)72-5)57(70)64-40(29-59-45)23-37-14-8-11-17-47(37)64)20-36(22-39)32-75-52-28-46-44(26-50(52)73-6)58(71)65-41(30-60-46)24-38-15-9-12-18-48(38)65/h8-9,11-12,14-15,17-18,20-22,25-30,33-34,40-41,54H,7,10,13,16,19,23-24,31-32H2,1-6H3,(H,61,69)(H,62,68)(H,63,67)/t34-,40-,41-,54-/m0/s1. The first-order valence-electron chi connectivity index (χ1n) is 25.4. The number of benzene rings is 5. The normalized spacial score (nSPS) is 16.5. The van der Waals surface area contributed by atoms with Gasteiger partial charge in [-0.05, 0) is 90.4 Å². The summed E-state index contributed by atoms with van der Waals surface area (Å²) in [6.45, 7) is 6.91. The van der Waals surface area contributed by atoms with E-state index in [0.717, 1.165) is 22.5 Å². The Morgan fingerprint density at radius 1 is 0.640 bits per heavy atom. The molecule has 4 heterocycles. The lowest BCUT2D eigenvalue weighted by Gasteiger charge is -2.24. The number of hydrogen-bond acceptors (Lipinski definition) is 12. The first kappa shape index (κ1) is 51.6. The molecule has 4 aliphatic heterocycles. The SMILES string of the molecule is CCC(=O)CCCCC(=O)N[C@H](C(=O)N[C@@H](C)C(=O)Nc1cc(COc2cc3c(cc2OC)C(=O)N2c4ccccc4C[C@H]2C=N3)cc(COc2cc3c(cc2OC)C(=O)N2c4ccccc4C[C@H]2C=N3)c1)C(C)C. The average molecular weight is 1020 g/mol. The molecule has 388 valence electrons. The smallest absolute Gasteiger partial charge is 0.261 e. The van der Waals surface area contributed by atoms with Crippen molar-refractivity contribution < 1.29 is 47.7 Å². The van der Waals surface area contributed by atoms with Gasteiger partial charge in [-0.15, -0.1) is 0 Å². The fourth-order valence-electron chi connectivity index (χ4n) is 9.89. The number of Topliss-reactive ketones (excluding diaryl/α,β-unsaturated/α-hetero) is 1. The number of unbranched alkanes of at least 4 members (excludes halogenated alkanes) is 1. The zero-order valence-corrected chi connectivity index (χ0v) is 42.9. The Bertz CT molecular complexity index is 2970. The number of carbonyl (C=O) groups is 6. The maximum atomic E-state index is 14.1. The van der Waals surface area contributed by atoms with Crippen LogP contribution in [0.1, 0.15) is 103 Å². The Morgan fingerprint density at radius 3 is 1.64 bits per heavy atom. The van der Waals surface area contributed by atoms with Gasteiger partial charge in [0.1, 0.15) is 31.1 Å². The third-order valence-electron chi connectivity index (χ3n) is 13.9. The molecule has 4 atom stereocenters. The van der Waals surface area contributed by atoms with E-state index in [-0.39, 0.29) is 61.1 Å². The van der Waals surface area contributed by atoms with Gasteiger partial charge in [0.15, 0.2) is 23.0 Å². The van der Waals surface area contributed by atoms with Crippen molar-refractivity contribution in [3.05, 3.63) is 124 Å². The third kappa shape index (κ3) is 11.1. The number of anilines is 3. The molecule has 0 unspecified atom stereocenters. The number of nitrogens with one attached hydrogen (secondary N) is 3. The molecule has 5 amide bonds. The van der Waals surface area contributed by atoms with E-state index in [4.69, 9.17) is 28.9 Å². The number of amides is 5. The number of ketones is 1. The molecular formula is C58H61N7O10. The highest BCUT2D eigenvalue weighted by Crippen LogP contribution is 2.43. The van der Waals surface area contributed by atoms with E-state index < -0.39 is 23.9 Å². The number of methoxy groups -OCH3 is 2. The van der Waals surface area contributed by atoms with Crippen molar-refractivity contribution in [3.63, 3.8) is 0 Å². The van der Waals surface area contributed by atoms with Crippen LogP contribution in [0.25, 0.3) is 0 Å². The van der Waals surface area contributed by atoms with Crippen LogP contribution in [0.4, 0.5) is 28.4 Å². The van der Waals surface area contributed by atoms with E-state index in [1.165, 1.54) is 14.2 Å². The van der Waals surface area contributed by atoms with Gasteiger partial charge in [-0.1, -0.05) is 57.2 Å². The zero-order valence-electron chi connectivity index (χ0n) is 42.9.